The normalized spacial score (nSPS) is 12.6. The van der Waals surface area contributed by atoms with E-state index in [2.05, 4.69) is 0 Å². The minimum absolute atomic E-state index is 0.242. The molecule has 1 heterocycles. The Labute approximate surface area is 98.8 Å². The number of aliphatic hydroxyl groups excluding tert-OH is 1. The zero-order valence-electron chi connectivity index (χ0n) is 9.05. The zero-order valence-corrected chi connectivity index (χ0v) is 9.87. The predicted molar refractivity (Wildman–Crippen MR) is 65.8 cm³/mol. The maximum absolute atomic E-state index is 10.1. The lowest BCUT2D eigenvalue weighted by Gasteiger charge is -2.10. The molecule has 1 unspecified atom stereocenters. The van der Waals surface area contributed by atoms with E-state index in [1.54, 1.807) is 29.5 Å². The van der Waals surface area contributed by atoms with Gasteiger partial charge in [-0.3, -0.25) is 0 Å². The summed E-state index contributed by atoms with van der Waals surface area (Å²) >= 11 is 1.60. The molecule has 0 fully saturated rings. The standard InChI is InChI=1S/C13H14O2S/c1-9-7-16-8-12(9)13(15)6-10-3-2-4-11(14)5-10/h2-5,7-8,13-15H,6H2,1H3. The van der Waals surface area contributed by atoms with Gasteiger partial charge in [0.15, 0.2) is 0 Å². The number of thiophene rings is 1. The lowest BCUT2D eigenvalue weighted by molar-refractivity contribution is 0.178. The second-order valence-electron chi connectivity index (χ2n) is 3.90. The predicted octanol–water partition coefficient (Wildman–Crippen LogP) is 3.04. The van der Waals surface area contributed by atoms with Crippen LogP contribution in [-0.2, 0) is 6.42 Å². The van der Waals surface area contributed by atoms with Crippen LogP contribution in [0.2, 0.25) is 0 Å². The van der Waals surface area contributed by atoms with E-state index in [-0.39, 0.29) is 5.75 Å². The summed E-state index contributed by atoms with van der Waals surface area (Å²) in [7, 11) is 0. The number of aromatic hydroxyl groups is 1. The Morgan fingerprint density at radius 3 is 2.75 bits per heavy atom. The van der Waals surface area contributed by atoms with Gasteiger partial charge < -0.3 is 10.2 Å². The first-order chi connectivity index (χ1) is 7.66. The average Bonchev–Trinajstić information content (AvgIpc) is 2.64. The van der Waals surface area contributed by atoms with Crippen LogP contribution in [0, 0.1) is 6.92 Å². The number of phenols is 1. The number of hydrogen-bond acceptors (Lipinski definition) is 3. The topological polar surface area (TPSA) is 40.5 Å². The SMILES string of the molecule is Cc1cscc1C(O)Cc1cccc(O)c1. The Balaban J connectivity index is 2.14. The van der Waals surface area contributed by atoms with Crippen LogP contribution in [0.3, 0.4) is 0 Å². The van der Waals surface area contributed by atoms with Gasteiger partial charge in [-0.15, -0.1) is 0 Å². The Morgan fingerprint density at radius 1 is 1.31 bits per heavy atom. The molecular weight excluding hydrogens is 220 g/mol. The average molecular weight is 234 g/mol. The molecule has 2 nitrogen and oxygen atoms in total. The molecule has 84 valence electrons. The van der Waals surface area contributed by atoms with E-state index < -0.39 is 6.10 Å². The summed E-state index contributed by atoms with van der Waals surface area (Å²) in [6.45, 7) is 2.00. The van der Waals surface area contributed by atoms with Crippen LogP contribution in [-0.4, -0.2) is 10.2 Å². The molecule has 1 atom stereocenters. The molecule has 2 N–H and O–H groups in total. The van der Waals surface area contributed by atoms with Gasteiger partial charge in [-0.25, -0.2) is 0 Å². The summed E-state index contributed by atoms with van der Waals surface area (Å²) < 4.78 is 0. The number of hydrogen-bond donors (Lipinski definition) is 2. The van der Waals surface area contributed by atoms with Crippen LogP contribution in [0.4, 0.5) is 0 Å². The highest BCUT2D eigenvalue weighted by molar-refractivity contribution is 7.08. The highest BCUT2D eigenvalue weighted by Crippen LogP contribution is 2.25. The van der Waals surface area contributed by atoms with E-state index in [0.29, 0.717) is 6.42 Å². The Bertz CT molecular complexity index is 476. The van der Waals surface area contributed by atoms with Crippen molar-refractivity contribution in [1.82, 2.24) is 0 Å². The number of aliphatic hydroxyl groups is 1. The fraction of sp³-hybridized carbons (Fsp3) is 0.231. The third-order valence-electron chi connectivity index (χ3n) is 2.59. The van der Waals surface area contributed by atoms with Crippen LogP contribution in [0.25, 0.3) is 0 Å². The molecule has 3 heteroatoms. The largest absolute Gasteiger partial charge is 0.508 e. The van der Waals surface area contributed by atoms with Gasteiger partial charge >= 0.3 is 0 Å². The number of phenolic OH excluding ortho intramolecular Hbond substituents is 1. The number of rotatable bonds is 3. The van der Waals surface area contributed by atoms with E-state index in [4.69, 9.17) is 0 Å². The van der Waals surface area contributed by atoms with Gasteiger partial charge in [-0.2, -0.15) is 11.3 Å². The van der Waals surface area contributed by atoms with Crippen molar-refractivity contribution in [2.75, 3.05) is 0 Å². The van der Waals surface area contributed by atoms with Crippen molar-refractivity contribution in [3.63, 3.8) is 0 Å². The Kier molecular flexibility index (Phi) is 3.27. The fourth-order valence-corrected chi connectivity index (χ4v) is 2.63. The van der Waals surface area contributed by atoms with Gasteiger partial charge in [-0.1, -0.05) is 12.1 Å². The molecule has 0 saturated heterocycles. The minimum atomic E-state index is -0.493. The summed E-state index contributed by atoms with van der Waals surface area (Å²) in [6, 6.07) is 7.01. The highest BCUT2D eigenvalue weighted by Gasteiger charge is 2.12. The van der Waals surface area contributed by atoms with Gasteiger partial charge in [0.2, 0.25) is 0 Å². The van der Waals surface area contributed by atoms with E-state index in [1.165, 1.54) is 0 Å². The molecule has 2 rings (SSSR count). The molecular formula is C13H14O2S. The summed E-state index contributed by atoms with van der Waals surface area (Å²) in [5, 5.41) is 23.4. The van der Waals surface area contributed by atoms with Gasteiger partial charge in [0.1, 0.15) is 5.75 Å². The summed E-state index contributed by atoms with van der Waals surface area (Å²) in [6.07, 6.45) is 0.0412. The van der Waals surface area contributed by atoms with Crippen molar-refractivity contribution in [2.45, 2.75) is 19.4 Å². The molecule has 0 aliphatic rings. The lowest BCUT2D eigenvalue weighted by Crippen LogP contribution is -2.01. The van der Waals surface area contributed by atoms with Crippen molar-refractivity contribution in [3.8, 4) is 5.75 Å². The maximum Gasteiger partial charge on any atom is 0.115 e. The monoisotopic (exact) mass is 234 g/mol. The molecule has 16 heavy (non-hydrogen) atoms. The third-order valence-corrected chi connectivity index (χ3v) is 3.47. The smallest absolute Gasteiger partial charge is 0.115 e. The Hall–Kier alpha value is -1.32. The number of aryl methyl sites for hydroxylation is 1. The Morgan fingerprint density at radius 2 is 2.12 bits per heavy atom. The van der Waals surface area contributed by atoms with Crippen molar-refractivity contribution < 1.29 is 10.2 Å². The van der Waals surface area contributed by atoms with E-state index in [0.717, 1.165) is 16.7 Å². The second kappa shape index (κ2) is 4.68. The first-order valence-corrected chi connectivity index (χ1v) is 6.10. The molecule has 0 spiro atoms. The van der Waals surface area contributed by atoms with Crippen molar-refractivity contribution in [2.24, 2.45) is 0 Å². The molecule has 0 aliphatic heterocycles. The minimum Gasteiger partial charge on any atom is -0.508 e. The highest BCUT2D eigenvalue weighted by atomic mass is 32.1. The zero-order chi connectivity index (χ0) is 11.5. The summed E-state index contributed by atoms with van der Waals surface area (Å²) in [5.74, 6) is 0.242. The first-order valence-electron chi connectivity index (χ1n) is 5.15. The van der Waals surface area contributed by atoms with Crippen molar-refractivity contribution in [1.29, 1.82) is 0 Å². The quantitative estimate of drug-likeness (QED) is 0.857. The second-order valence-corrected chi connectivity index (χ2v) is 4.64. The summed E-state index contributed by atoms with van der Waals surface area (Å²) in [4.78, 5) is 0. The van der Waals surface area contributed by atoms with Gasteiger partial charge in [-0.05, 0) is 46.5 Å². The van der Waals surface area contributed by atoms with Gasteiger partial charge in [0.05, 0.1) is 6.10 Å². The van der Waals surface area contributed by atoms with Crippen LogP contribution in [0.1, 0.15) is 22.8 Å². The van der Waals surface area contributed by atoms with Crippen molar-refractivity contribution in [3.05, 3.63) is 51.7 Å². The fourth-order valence-electron chi connectivity index (χ4n) is 1.73. The summed E-state index contributed by atoms with van der Waals surface area (Å²) in [5.41, 5.74) is 3.05. The van der Waals surface area contributed by atoms with Gasteiger partial charge in [0.25, 0.3) is 0 Å². The molecule has 0 saturated carbocycles. The van der Waals surface area contributed by atoms with Crippen LogP contribution in [0.15, 0.2) is 35.0 Å². The van der Waals surface area contributed by atoms with Gasteiger partial charge in [0, 0.05) is 6.42 Å². The first kappa shape index (κ1) is 11.2. The van der Waals surface area contributed by atoms with Crippen LogP contribution >= 0.6 is 11.3 Å². The van der Waals surface area contributed by atoms with Crippen LogP contribution < -0.4 is 0 Å². The number of benzene rings is 1. The molecule has 0 aliphatic carbocycles. The van der Waals surface area contributed by atoms with Crippen molar-refractivity contribution >= 4 is 11.3 Å². The third kappa shape index (κ3) is 2.43. The lowest BCUT2D eigenvalue weighted by atomic mass is 10.0. The molecule has 2 aromatic rings. The molecule has 1 aromatic carbocycles. The molecule has 0 radical (unpaired) electrons. The molecule has 0 bridgehead atoms. The maximum atomic E-state index is 10.1. The molecule has 0 amide bonds. The molecule has 1 aromatic heterocycles. The van der Waals surface area contributed by atoms with E-state index in [1.807, 2.05) is 23.8 Å². The van der Waals surface area contributed by atoms with Crippen LogP contribution in [0.5, 0.6) is 5.75 Å². The van der Waals surface area contributed by atoms with E-state index in [9.17, 15) is 10.2 Å². The van der Waals surface area contributed by atoms with E-state index >= 15 is 0 Å².